The average molecular weight is 279 g/mol. The predicted molar refractivity (Wildman–Crippen MR) is 76.0 cm³/mol. The van der Waals surface area contributed by atoms with Gasteiger partial charge in [0, 0.05) is 12.1 Å². The van der Waals surface area contributed by atoms with Crippen molar-refractivity contribution in [2.75, 3.05) is 19.7 Å². The van der Waals surface area contributed by atoms with Crippen LogP contribution in [0.3, 0.4) is 0 Å². The van der Waals surface area contributed by atoms with E-state index in [1.165, 1.54) is 4.90 Å². The summed E-state index contributed by atoms with van der Waals surface area (Å²) in [4.78, 5) is 24.4. The second kappa shape index (κ2) is 6.91. The van der Waals surface area contributed by atoms with Gasteiger partial charge in [-0.15, -0.1) is 0 Å². The van der Waals surface area contributed by atoms with Crippen molar-refractivity contribution in [3.63, 3.8) is 0 Å². The Labute approximate surface area is 118 Å². The zero-order valence-electron chi connectivity index (χ0n) is 11.8. The summed E-state index contributed by atoms with van der Waals surface area (Å²) >= 11 is 0. The minimum absolute atomic E-state index is 0.159. The molecule has 0 aromatic heterocycles. The lowest BCUT2D eigenvalue weighted by atomic mass is 10.1. The largest absolute Gasteiger partial charge is 0.484 e. The number of amides is 2. The molecule has 2 amide bonds. The van der Waals surface area contributed by atoms with Gasteiger partial charge in [0.1, 0.15) is 5.75 Å². The van der Waals surface area contributed by atoms with Crippen LogP contribution in [0.2, 0.25) is 0 Å². The Morgan fingerprint density at radius 2 is 1.85 bits per heavy atom. The van der Waals surface area contributed by atoms with E-state index in [4.69, 9.17) is 16.2 Å². The monoisotopic (exact) mass is 279 g/mol. The van der Waals surface area contributed by atoms with Crippen molar-refractivity contribution >= 4 is 11.8 Å². The van der Waals surface area contributed by atoms with Crippen molar-refractivity contribution in [3.8, 4) is 5.75 Å². The number of primary amides is 1. The number of carbonyl (C=O) groups excluding carboxylic acids is 2. The molecular formula is C14H21N3O3. The summed E-state index contributed by atoms with van der Waals surface area (Å²) in [6.07, 6.45) is 0. The maximum Gasteiger partial charge on any atom is 0.261 e. The zero-order chi connectivity index (χ0) is 15.2. The Kier molecular flexibility index (Phi) is 5.52. The molecule has 6 heteroatoms. The number of rotatable bonds is 7. The Balaban J connectivity index is 2.61. The van der Waals surface area contributed by atoms with Crippen LogP contribution in [0.4, 0.5) is 0 Å². The average Bonchev–Trinajstić information content (AvgIpc) is 2.34. The lowest BCUT2D eigenvalue weighted by Gasteiger charge is -2.29. The maximum absolute atomic E-state index is 12.1. The van der Waals surface area contributed by atoms with Crippen LogP contribution in [0, 0.1) is 0 Å². The Hall–Kier alpha value is -2.08. The Bertz CT molecular complexity index is 454. The van der Waals surface area contributed by atoms with Crippen LogP contribution in [-0.4, -0.2) is 41.9 Å². The fourth-order valence-corrected chi connectivity index (χ4v) is 1.67. The molecule has 1 rings (SSSR count). The molecule has 0 aliphatic carbocycles. The molecule has 0 aliphatic rings. The molecule has 0 heterocycles. The molecule has 0 aliphatic heterocycles. The number of nitrogens with two attached hydrogens (primary N) is 2. The third kappa shape index (κ3) is 6.19. The van der Waals surface area contributed by atoms with Gasteiger partial charge in [0.15, 0.2) is 6.61 Å². The molecule has 20 heavy (non-hydrogen) atoms. The molecule has 0 spiro atoms. The van der Waals surface area contributed by atoms with Crippen LogP contribution in [0.5, 0.6) is 5.75 Å². The van der Waals surface area contributed by atoms with Crippen LogP contribution < -0.4 is 16.2 Å². The van der Waals surface area contributed by atoms with Crippen molar-refractivity contribution in [1.29, 1.82) is 0 Å². The third-order valence-electron chi connectivity index (χ3n) is 2.40. The molecule has 110 valence electrons. The van der Waals surface area contributed by atoms with Crippen molar-refractivity contribution in [2.24, 2.45) is 11.5 Å². The highest BCUT2D eigenvalue weighted by Crippen LogP contribution is 2.09. The summed E-state index contributed by atoms with van der Waals surface area (Å²) in [6.45, 7) is 3.44. The molecule has 6 nitrogen and oxygen atoms in total. The summed E-state index contributed by atoms with van der Waals surface area (Å²) < 4.78 is 5.36. The molecule has 0 radical (unpaired) electrons. The highest BCUT2D eigenvalue weighted by atomic mass is 16.5. The standard InChI is InChI=1S/C14H21N3O3/c1-14(2,16)10-17(8-12(15)18)13(19)9-20-11-6-4-3-5-7-11/h3-7H,8-10,16H2,1-2H3,(H2,15,18). The van der Waals surface area contributed by atoms with Gasteiger partial charge in [-0.05, 0) is 26.0 Å². The number of para-hydroxylation sites is 1. The number of nitrogens with zero attached hydrogens (tertiary/aromatic N) is 1. The molecule has 0 saturated heterocycles. The van der Waals surface area contributed by atoms with Gasteiger partial charge >= 0.3 is 0 Å². The maximum atomic E-state index is 12.1. The lowest BCUT2D eigenvalue weighted by molar-refractivity contribution is -0.137. The van der Waals surface area contributed by atoms with Crippen LogP contribution in [0.1, 0.15) is 13.8 Å². The van der Waals surface area contributed by atoms with Crippen LogP contribution >= 0.6 is 0 Å². The SMILES string of the molecule is CC(C)(N)CN(CC(N)=O)C(=O)COc1ccccc1. The van der Waals surface area contributed by atoms with Crippen molar-refractivity contribution in [1.82, 2.24) is 4.90 Å². The van der Waals surface area contributed by atoms with E-state index >= 15 is 0 Å². The smallest absolute Gasteiger partial charge is 0.261 e. The van der Waals surface area contributed by atoms with Gasteiger partial charge in [0.25, 0.3) is 5.91 Å². The predicted octanol–water partition coefficient (Wildman–Crippen LogP) is 0.117. The zero-order valence-corrected chi connectivity index (χ0v) is 11.8. The fraction of sp³-hybridized carbons (Fsp3) is 0.429. The summed E-state index contributed by atoms with van der Waals surface area (Å²) in [6, 6.07) is 8.97. The number of hydrogen-bond acceptors (Lipinski definition) is 4. The molecule has 0 atom stereocenters. The van der Waals surface area contributed by atoms with Crippen LogP contribution in [0.15, 0.2) is 30.3 Å². The van der Waals surface area contributed by atoms with Crippen molar-refractivity contribution < 1.29 is 14.3 Å². The van der Waals surface area contributed by atoms with E-state index in [9.17, 15) is 9.59 Å². The van der Waals surface area contributed by atoms with Gasteiger partial charge in [0.2, 0.25) is 5.91 Å². The number of benzene rings is 1. The molecule has 0 unspecified atom stereocenters. The first-order chi connectivity index (χ1) is 9.28. The van der Waals surface area contributed by atoms with E-state index in [0.29, 0.717) is 5.75 Å². The van der Waals surface area contributed by atoms with Gasteiger partial charge in [0.05, 0.1) is 6.54 Å². The van der Waals surface area contributed by atoms with Gasteiger partial charge in [-0.2, -0.15) is 0 Å². The second-order valence-electron chi connectivity index (χ2n) is 5.31. The van der Waals surface area contributed by atoms with E-state index in [-0.39, 0.29) is 25.6 Å². The van der Waals surface area contributed by atoms with E-state index in [2.05, 4.69) is 0 Å². The summed E-state index contributed by atoms with van der Waals surface area (Å²) in [5.74, 6) is -0.319. The first-order valence-electron chi connectivity index (χ1n) is 6.31. The molecular weight excluding hydrogens is 258 g/mol. The highest BCUT2D eigenvalue weighted by Gasteiger charge is 2.23. The normalized spacial score (nSPS) is 10.9. The number of ether oxygens (including phenoxy) is 1. The number of hydrogen-bond donors (Lipinski definition) is 2. The van der Waals surface area contributed by atoms with Gasteiger partial charge in [-0.1, -0.05) is 18.2 Å². The van der Waals surface area contributed by atoms with Crippen LogP contribution in [-0.2, 0) is 9.59 Å². The summed E-state index contributed by atoms with van der Waals surface area (Å²) in [7, 11) is 0. The molecule has 0 saturated carbocycles. The van der Waals surface area contributed by atoms with E-state index in [0.717, 1.165) is 0 Å². The number of carbonyl (C=O) groups is 2. The first kappa shape index (κ1) is 16.0. The minimum Gasteiger partial charge on any atom is -0.484 e. The molecule has 1 aromatic rings. The first-order valence-corrected chi connectivity index (χ1v) is 6.31. The second-order valence-corrected chi connectivity index (χ2v) is 5.31. The third-order valence-corrected chi connectivity index (χ3v) is 2.40. The van der Waals surface area contributed by atoms with Gasteiger partial charge in [-0.25, -0.2) is 0 Å². The van der Waals surface area contributed by atoms with Crippen LogP contribution in [0.25, 0.3) is 0 Å². The quantitative estimate of drug-likeness (QED) is 0.740. The van der Waals surface area contributed by atoms with Gasteiger partial charge in [-0.3, -0.25) is 9.59 Å². The minimum atomic E-state index is -0.613. The fourth-order valence-electron chi connectivity index (χ4n) is 1.67. The Morgan fingerprint density at radius 3 is 2.35 bits per heavy atom. The Morgan fingerprint density at radius 1 is 1.25 bits per heavy atom. The molecule has 1 aromatic carbocycles. The summed E-state index contributed by atoms with van der Waals surface area (Å²) in [5.41, 5.74) is 10.4. The van der Waals surface area contributed by atoms with E-state index in [1.54, 1.807) is 26.0 Å². The van der Waals surface area contributed by atoms with Crippen molar-refractivity contribution in [2.45, 2.75) is 19.4 Å². The molecule has 4 N–H and O–H groups in total. The van der Waals surface area contributed by atoms with Crippen molar-refractivity contribution in [3.05, 3.63) is 30.3 Å². The van der Waals surface area contributed by atoms with E-state index < -0.39 is 11.4 Å². The topological polar surface area (TPSA) is 98.6 Å². The van der Waals surface area contributed by atoms with E-state index in [1.807, 2.05) is 18.2 Å². The molecule has 0 bridgehead atoms. The molecule has 0 fully saturated rings. The highest BCUT2D eigenvalue weighted by molar-refractivity contribution is 5.84. The van der Waals surface area contributed by atoms with Gasteiger partial charge < -0.3 is 21.1 Å². The lowest BCUT2D eigenvalue weighted by Crippen LogP contribution is -2.51. The summed E-state index contributed by atoms with van der Waals surface area (Å²) in [5, 5.41) is 0.